The monoisotopic (exact) mass is 229 g/mol. The Morgan fingerprint density at radius 2 is 2.00 bits per heavy atom. The molecule has 17 heavy (non-hydrogen) atoms. The highest BCUT2D eigenvalue weighted by atomic mass is 16.2. The van der Waals surface area contributed by atoms with Crippen LogP contribution in [0.2, 0.25) is 0 Å². The topological polar surface area (TPSA) is 73.2 Å². The fraction of sp³-hybridized carbons (Fsp3) is 0.250. The quantitative estimate of drug-likeness (QED) is 0.779. The van der Waals surface area contributed by atoms with Gasteiger partial charge in [0.2, 0.25) is 0 Å². The van der Waals surface area contributed by atoms with Crippen molar-refractivity contribution in [1.29, 1.82) is 5.26 Å². The number of nitriles is 1. The first-order valence-corrected chi connectivity index (χ1v) is 5.32. The average molecular weight is 229 g/mol. The Labute approximate surface area is 98.6 Å². The van der Waals surface area contributed by atoms with Gasteiger partial charge in [-0.3, -0.25) is 4.79 Å². The summed E-state index contributed by atoms with van der Waals surface area (Å²) in [6.07, 6.45) is 0.567. The molecule has 0 aromatic heterocycles. The zero-order valence-electron chi connectivity index (χ0n) is 9.30. The molecule has 1 atom stereocenters. The zero-order chi connectivity index (χ0) is 12.4. The van der Waals surface area contributed by atoms with E-state index in [4.69, 9.17) is 5.26 Å². The van der Waals surface area contributed by atoms with Crippen molar-refractivity contribution in [2.24, 2.45) is 0 Å². The van der Waals surface area contributed by atoms with E-state index in [0.29, 0.717) is 17.7 Å². The van der Waals surface area contributed by atoms with E-state index in [0.717, 1.165) is 4.90 Å². The van der Waals surface area contributed by atoms with Gasteiger partial charge in [0.25, 0.3) is 5.91 Å². The van der Waals surface area contributed by atoms with Gasteiger partial charge < -0.3 is 5.32 Å². The summed E-state index contributed by atoms with van der Waals surface area (Å²) in [5.74, 6) is -0.248. The van der Waals surface area contributed by atoms with Gasteiger partial charge in [0.15, 0.2) is 0 Å². The number of anilines is 1. The first-order chi connectivity index (χ1) is 8.17. The number of carbonyl (C=O) groups excluding carboxylic acids is 2. The molecule has 1 aromatic rings. The minimum atomic E-state index is -0.446. The minimum absolute atomic E-state index is 0.248. The van der Waals surface area contributed by atoms with Crippen LogP contribution in [-0.2, 0) is 4.79 Å². The SMILES string of the molecule is CCC1NC(=O)N(c2ccc(C#N)cc2)C1=O. The second kappa shape index (κ2) is 4.26. The molecule has 0 saturated carbocycles. The highest BCUT2D eigenvalue weighted by Crippen LogP contribution is 2.20. The number of imide groups is 1. The number of rotatable bonds is 2. The lowest BCUT2D eigenvalue weighted by Gasteiger charge is -2.12. The van der Waals surface area contributed by atoms with E-state index in [1.807, 2.05) is 13.0 Å². The molecule has 5 heteroatoms. The lowest BCUT2D eigenvalue weighted by molar-refractivity contribution is -0.118. The fourth-order valence-electron chi connectivity index (χ4n) is 1.74. The third kappa shape index (κ3) is 1.85. The Morgan fingerprint density at radius 3 is 2.47 bits per heavy atom. The van der Waals surface area contributed by atoms with Gasteiger partial charge in [-0.05, 0) is 30.7 Å². The summed E-state index contributed by atoms with van der Waals surface area (Å²) in [5, 5.41) is 11.3. The van der Waals surface area contributed by atoms with Gasteiger partial charge in [-0.2, -0.15) is 5.26 Å². The van der Waals surface area contributed by atoms with Crippen LogP contribution in [0, 0.1) is 11.3 Å². The molecule has 1 aliphatic rings. The Hall–Kier alpha value is -2.35. The Balaban J connectivity index is 2.31. The third-order valence-electron chi connectivity index (χ3n) is 2.68. The van der Waals surface area contributed by atoms with Crippen LogP contribution < -0.4 is 10.2 Å². The molecule has 1 saturated heterocycles. The Kier molecular flexibility index (Phi) is 2.79. The number of benzene rings is 1. The molecule has 1 unspecified atom stereocenters. The number of carbonyl (C=O) groups is 2. The van der Waals surface area contributed by atoms with E-state index in [-0.39, 0.29) is 5.91 Å². The maximum absolute atomic E-state index is 11.9. The van der Waals surface area contributed by atoms with Gasteiger partial charge >= 0.3 is 6.03 Å². The predicted molar refractivity (Wildman–Crippen MR) is 61.3 cm³/mol. The maximum Gasteiger partial charge on any atom is 0.329 e. The van der Waals surface area contributed by atoms with Crippen molar-refractivity contribution in [1.82, 2.24) is 5.32 Å². The summed E-state index contributed by atoms with van der Waals surface area (Å²) in [5.41, 5.74) is 0.982. The molecular weight excluding hydrogens is 218 g/mol. The third-order valence-corrected chi connectivity index (χ3v) is 2.68. The van der Waals surface area contributed by atoms with Crippen molar-refractivity contribution in [3.63, 3.8) is 0 Å². The molecule has 0 radical (unpaired) electrons. The summed E-state index contributed by atoms with van der Waals surface area (Å²) in [6, 6.07) is 7.47. The first kappa shape index (κ1) is 11.1. The van der Waals surface area contributed by atoms with Crippen molar-refractivity contribution >= 4 is 17.6 Å². The van der Waals surface area contributed by atoms with Crippen LogP contribution in [0.5, 0.6) is 0 Å². The van der Waals surface area contributed by atoms with E-state index in [1.165, 1.54) is 0 Å². The van der Waals surface area contributed by atoms with E-state index in [2.05, 4.69) is 5.32 Å². The van der Waals surface area contributed by atoms with Gasteiger partial charge in [-0.1, -0.05) is 6.92 Å². The molecule has 1 aromatic carbocycles. The molecule has 3 amide bonds. The lowest BCUT2D eigenvalue weighted by atomic mass is 10.2. The summed E-state index contributed by atoms with van der Waals surface area (Å²) >= 11 is 0. The number of urea groups is 1. The van der Waals surface area contributed by atoms with Crippen LogP contribution >= 0.6 is 0 Å². The molecule has 0 bridgehead atoms. The average Bonchev–Trinajstić information content (AvgIpc) is 2.64. The number of amides is 3. The fourth-order valence-corrected chi connectivity index (χ4v) is 1.74. The molecular formula is C12H11N3O2. The molecule has 1 fully saturated rings. The Bertz CT molecular complexity index is 501. The predicted octanol–water partition coefficient (Wildman–Crippen LogP) is 1.39. The maximum atomic E-state index is 11.9. The number of nitrogens with one attached hydrogen (secondary N) is 1. The summed E-state index contributed by atoms with van der Waals surface area (Å²) in [6.45, 7) is 1.84. The highest BCUT2D eigenvalue weighted by molar-refractivity contribution is 6.21. The Morgan fingerprint density at radius 1 is 1.35 bits per heavy atom. The second-order valence-electron chi connectivity index (χ2n) is 3.74. The normalized spacial score (nSPS) is 19.1. The minimum Gasteiger partial charge on any atom is -0.325 e. The summed E-state index contributed by atoms with van der Waals surface area (Å²) in [4.78, 5) is 24.6. The van der Waals surface area contributed by atoms with Crippen molar-refractivity contribution < 1.29 is 9.59 Å². The summed E-state index contributed by atoms with van der Waals surface area (Å²) in [7, 11) is 0. The molecule has 5 nitrogen and oxygen atoms in total. The van der Waals surface area contributed by atoms with Crippen molar-refractivity contribution in [2.45, 2.75) is 19.4 Å². The standard InChI is InChI=1S/C12H11N3O2/c1-2-10-11(16)15(12(17)14-10)9-5-3-8(7-13)4-6-9/h3-6,10H,2H2,1H3,(H,14,17). The first-order valence-electron chi connectivity index (χ1n) is 5.32. The molecule has 0 spiro atoms. The number of hydrogen-bond acceptors (Lipinski definition) is 3. The van der Waals surface area contributed by atoms with Gasteiger partial charge in [0.1, 0.15) is 6.04 Å². The van der Waals surface area contributed by atoms with Crippen LogP contribution in [0.3, 0.4) is 0 Å². The second-order valence-corrected chi connectivity index (χ2v) is 3.74. The smallest absolute Gasteiger partial charge is 0.325 e. The lowest BCUT2D eigenvalue weighted by Crippen LogP contribution is -2.31. The van der Waals surface area contributed by atoms with E-state index in [1.54, 1.807) is 24.3 Å². The van der Waals surface area contributed by atoms with Crippen LogP contribution in [0.15, 0.2) is 24.3 Å². The van der Waals surface area contributed by atoms with Gasteiger partial charge in [-0.15, -0.1) is 0 Å². The van der Waals surface area contributed by atoms with Gasteiger partial charge in [0, 0.05) is 0 Å². The van der Waals surface area contributed by atoms with Crippen molar-refractivity contribution in [3.05, 3.63) is 29.8 Å². The van der Waals surface area contributed by atoms with E-state index >= 15 is 0 Å². The van der Waals surface area contributed by atoms with Gasteiger partial charge in [0.05, 0.1) is 17.3 Å². The van der Waals surface area contributed by atoms with Crippen molar-refractivity contribution in [3.8, 4) is 6.07 Å². The van der Waals surface area contributed by atoms with Crippen LogP contribution in [-0.4, -0.2) is 18.0 Å². The highest BCUT2D eigenvalue weighted by Gasteiger charge is 2.37. The molecule has 86 valence electrons. The molecule has 2 rings (SSSR count). The van der Waals surface area contributed by atoms with Crippen LogP contribution in [0.1, 0.15) is 18.9 Å². The molecule has 0 aliphatic carbocycles. The number of hydrogen-bond donors (Lipinski definition) is 1. The van der Waals surface area contributed by atoms with Crippen molar-refractivity contribution in [2.75, 3.05) is 4.90 Å². The molecule has 1 heterocycles. The van der Waals surface area contributed by atoms with Crippen LogP contribution in [0.25, 0.3) is 0 Å². The largest absolute Gasteiger partial charge is 0.329 e. The molecule has 1 aliphatic heterocycles. The zero-order valence-corrected chi connectivity index (χ0v) is 9.30. The molecule has 1 N–H and O–H groups in total. The van der Waals surface area contributed by atoms with E-state index in [9.17, 15) is 9.59 Å². The number of nitrogens with zero attached hydrogens (tertiary/aromatic N) is 2. The van der Waals surface area contributed by atoms with E-state index < -0.39 is 12.1 Å². The van der Waals surface area contributed by atoms with Crippen LogP contribution in [0.4, 0.5) is 10.5 Å². The summed E-state index contributed by atoms with van der Waals surface area (Å²) < 4.78 is 0. The van der Waals surface area contributed by atoms with Gasteiger partial charge in [-0.25, -0.2) is 9.69 Å².